The van der Waals surface area contributed by atoms with Gasteiger partial charge in [0.2, 0.25) is 0 Å². The van der Waals surface area contributed by atoms with Gasteiger partial charge in [0.05, 0.1) is 5.56 Å². The maximum atomic E-state index is 11.8. The van der Waals surface area contributed by atoms with Crippen molar-refractivity contribution in [3.8, 4) is 0 Å². The van der Waals surface area contributed by atoms with Crippen LogP contribution in [0, 0.1) is 5.92 Å². The highest BCUT2D eigenvalue weighted by Gasteiger charge is 2.15. The van der Waals surface area contributed by atoms with E-state index in [0.29, 0.717) is 11.1 Å². The molecule has 0 fully saturated rings. The predicted octanol–water partition coefficient (Wildman–Crippen LogP) is 4.00. The fraction of sp³-hybridized carbons (Fsp3) is 0.786. The van der Waals surface area contributed by atoms with E-state index in [1.165, 1.54) is 19.3 Å². The van der Waals surface area contributed by atoms with E-state index < -0.39 is 0 Å². The normalized spacial score (nSPS) is 12.9. The van der Waals surface area contributed by atoms with Crippen LogP contribution in [-0.2, 0) is 13.0 Å². The van der Waals surface area contributed by atoms with Crippen LogP contribution in [0.2, 0.25) is 5.15 Å². The van der Waals surface area contributed by atoms with E-state index in [1.54, 1.807) is 0 Å². The molecule has 0 aliphatic carbocycles. The van der Waals surface area contributed by atoms with Crippen molar-refractivity contribution in [1.29, 1.82) is 0 Å². The number of aromatic amines is 1. The monoisotopic (exact) mass is 272 g/mol. The molecule has 1 aromatic heterocycles. The molecule has 0 radical (unpaired) electrons. The third-order valence-electron chi connectivity index (χ3n) is 3.48. The van der Waals surface area contributed by atoms with Gasteiger partial charge in [-0.1, -0.05) is 58.1 Å². The van der Waals surface area contributed by atoms with Gasteiger partial charge in [0.25, 0.3) is 5.56 Å². The summed E-state index contributed by atoms with van der Waals surface area (Å²) in [5.74, 6) is 0.597. The van der Waals surface area contributed by atoms with Crippen molar-refractivity contribution >= 4 is 11.6 Å². The topological polar surface area (TPSA) is 37.8 Å². The maximum Gasteiger partial charge on any atom is 0.268 e. The van der Waals surface area contributed by atoms with E-state index >= 15 is 0 Å². The van der Waals surface area contributed by atoms with Gasteiger partial charge in [-0.25, -0.2) is 0 Å². The Morgan fingerprint density at radius 2 is 2.00 bits per heavy atom. The van der Waals surface area contributed by atoms with E-state index in [1.807, 2.05) is 4.68 Å². The van der Waals surface area contributed by atoms with Crippen LogP contribution in [0.5, 0.6) is 0 Å². The predicted molar refractivity (Wildman–Crippen MR) is 77.4 cm³/mol. The molecule has 0 bridgehead atoms. The standard InChI is InChI=1S/C14H25ClN2O/c1-4-7-9-11(6-3)10-17-13(15)12(8-5-2)14(18)16-17/h11H,4-10H2,1-3H3,(H,16,18). The van der Waals surface area contributed by atoms with Crippen LogP contribution < -0.4 is 5.56 Å². The second-order valence-corrected chi connectivity index (χ2v) is 5.35. The molecule has 1 N–H and O–H groups in total. The number of hydrogen-bond donors (Lipinski definition) is 1. The minimum atomic E-state index is -0.0211. The summed E-state index contributed by atoms with van der Waals surface area (Å²) in [4.78, 5) is 11.8. The molecule has 104 valence electrons. The Morgan fingerprint density at radius 1 is 1.28 bits per heavy atom. The van der Waals surface area contributed by atoms with Gasteiger partial charge in [0.1, 0.15) is 5.15 Å². The van der Waals surface area contributed by atoms with Gasteiger partial charge in [0.15, 0.2) is 0 Å². The first-order chi connectivity index (χ1) is 8.63. The summed E-state index contributed by atoms with van der Waals surface area (Å²) in [7, 11) is 0. The summed E-state index contributed by atoms with van der Waals surface area (Å²) in [5, 5.41) is 3.48. The Labute approximate surface area is 115 Å². The smallest absolute Gasteiger partial charge is 0.268 e. The average Bonchev–Trinajstić information content (AvgIpc) is 2.62. The second-order valence-electron chi connectivity index (χ2n) is 4.99. The van der Waals surface area contributed by atoms with Crippen molar-refractivity contribution in [3.05, 3.63) is 21.1 Å². The quantitative estimate of drug-likeness (QED) is 0.763. The zero-order valence-corrected chi connectivity index (χ0v) is 12.5. The van der Waals surface area contributed by atoms with Gasteiger partial charge < -0.3 is 0 Å². The maximum absolute atomic E-state index is 11.8. The van der Waals surface area contributed by atoms with Gasteiger partial charge in [0, 0.05) is 6.54 Å². The summed E-state index contributed by atoms with van der Waals surface area (Å²) in [6.45, 7) is 7.29. The minimum Gasteiger partial charge on any atom is -0.273 e. The first-order valence-corrected chi connectivity index (χ1v) is 7.48. The molecule has 0 aliphatic rings. The lowest BCUT2D eigenvalue weighted by atomic mass is 9.99. The first kappa shape index (κ1) is 15.4. The fourth-order valence-electron chi connectivity index (χ4n) is 2.26. The molecule has 0 amide bonds. The Morgan fingerprint density at radius 3 is 2.56 bits per heavy atom. The zero-order valence-electron chi connectivity index (χ0n) is 11.8. The molecular weight excluding hydrogens is 248 g/mol. The molecule has 1 rings (SSSR count). The molecule has 0 saturated carbocycles. The molecule has 18 heavy (non-hydrogen) atoms. The van der Waals surface area contributed by atoms with Gasteiger partial charge in [-0.15, -0.1) is 0 Å². The molecule has 4 heteroatoms. The highest BCUT2D eigenvalue weighted by atomic mass is 35.5. The van der Waals surface area contributed by atoms with Gasteiger partial charge in [-0.2, -0.15) is 0 Å². The van der Waals surface area contributed by atoms with E-state index in [9.17, 15) is 4.79 Å². The van der Waals surface area contributed by atoms with Crippen molar-refractivity contribution in [3.63, 3.8) is 0 Å². The number of halogens is 1. The lowest BCUT2D eigenvalue weighted by molar-refractivity contribution is 0.371. The Balaban J connectivity index is 2.77. The molecule has 1 unspecified atom stereocenters. The van der Waals surface area contributed by atoms with E-state index in [2.05, 4.69) is 25.9 Å². The number of nitrogens with one attached hydrogen (secondary N) is 1. The van der Waals surface area contributed by atoms with Crippen molar-refractivity contribution in [2.24, 2.45) is 5.92 Å². The van der Waals surface area contributed by atoms with Crippen molar-refractivity contribution in [2.75, 3.05) is 0 Å². The summed E-state index contributed by atoms with van der Waals surface area (Å²) >= 11 is 6.28. The largest absolute Gasteiger partial charge is 0.273 e. The lowest BCUT2D eigenvalue weighted by Crippen LogP contribution is -2.14. The second kappa shape index (κ2) is 7.67. The average molecular weight is 273 g/mol. The third-order valence-corrected chi connectivity index (χ3v) is 3.91. The van der Waals surface area contributed by atoms with E-state index in [-0.39, 0.29) is 5.56 Å². The van der Waals surface area contributed by atoms with Crippen LogP contribution in [0.25, 0.3) is 0 Å². The van der Waals surface area contributed by atoms with Crippen molar-refractivity contribution in [2.45, 2.75) is 65.8 Å². The molecule has 0 saturated heterocycles. The molecule has 1 atom stereocenters. The Bertz CT molecular complexity index is 408. The number of rotatable bonds is 8. The van der Waals surface area contributed by atoms with Crippen LogP contribution in [-0.4, -0.2) is 9.78 Å². The summed E-state index contributed by atoms with van der Waals surface area (Å²) < 4.78 is 1.83. The van der Waals surface area contributed by atoms with Crippen LogP contribution in [0.3, 0.4) is 0 Å². The van der Waals surface area contributed by atoms with Gasteiger partial charge in [-0.3, -0.25) is 14.6 Å². The fourth-order valence-corrected chi connectivity index (χ4v) is 2.56. The van der Waals surface area contributed by atoms with Crippen molar-refractivity contribution in [1.82, 2.24) is 9.78 Å². The first-order valence-electron chi connectivity index (χ1n) is 7.11. The molecule has 0 spiro atoms. The third kappa shape index (κ3) is 3.91. The Hall–Kier alpha value is -0.700. The number of aromatic nitrogens is 2. The molecule has 1 heterocycles. The molecule has 1 aromatic rings. The number of nitrogens with zero attached hydrogens (tertiary/aromatic N) is 1. The van der Waals surface area contributed by atoms with Gasteiger partial charge >= 0.3 is 0 Å². The van der Waals surface area contributed by atoms with Crippen LogP contribution in [0.4, 0.5) is 0 Å². The molecule has 0 aliphatic heterocycles. The number of H-pyrrole nitrogens is 1. The van der Waals surface area contributed by atoms with Gasteiger partial charge in [-0.05, 0) is 18.8 Å². The highest BCUT2D eigenvalue weighted by molar-refractivity contribution is 6.30. The van der Waals surface area contributed by atoms with E-state index in [4.69, 9.17) is 11.6 Å². The summed E-state index contributed by atoms with van der Waals surface area (Å²) in [5.41, 5.74) is 0.719. The van der Waals surface area contributed by atoms with Crippen LogP contribution in [0.15, 0.2) is 4.79 Å². The summed E-state index contributed by atoms with van der Waals surface area (Å²) in [6, 6.07) is 0. The Kier molecular flexibility index (Phi) is 6.55. The lowest BCUT2D eigenvalue weighted by Gasteiger charge is -2.15. The minimum absolute atomic E-state index is 0.0211. The van der Waals surface area contributed by atoms with Crippen LogP contribution in [0.1, 0.15) is 58.4 Å². The number of hydrogen-bond acceptors (Lipinski definition) is 1. The molecule has 0 aromatic carbocycles. The number of unbranched alkanes of at least 4 members (excludes halogenated alkanes) is 1. The van der Waals surface area contributed by atoms with E-state index in [0.717, 1.165) is 31.4 Å². The highest BCUT2D eigenvalue weighted by Crippen LogP contribution is 2.19. The zero-order chi connectivity index (χ0) is 13.5. The summed E-state index contributed by atoms with van der Waals surface area (Å²) in [6.07, 6.45) is 6.48. The molecule has 3 nitrogen and oxygen atoms in total. The SMILES string of the molecule is CCCCC(CC)Cn1[nH]c(=O)c(CCC)c1Cl. The van der Waals surface area contributed by atoms with Crippen molar-refractivity contribution < 1.29 is 0 Å². The molecular formula is C14H25ClN2O. The van der Waals surface area contributed by atoms with Crippen LogP contribution >= 0.6 is 11.6 Å².